The summed E-state index contributed by atoms with van der Waals surface area (Å²) in [5.41, 5.74) is -0.688. The fourth-order valence-corrected chi connectivity index (χ4v) is 4.70. The van der Waals surface area contributed by atoms with Gasteiger partial charge in [-0.1, -0.05) is 25.7 Å². The number of carboxylic acid groups (broad SMARTS) is 1. The number of tetrazole rings is 1. The molecule has 6 nitrogen and oxygen atoms in total. The lowest BCUT2D eigenvalue weighted by Gasteiger charge is -2.28. The normalized spacial score (nSPS) is 25.6. The number of carboxylic acids is 1. The van der Waals surface area contributed by atoms with E-state index in [4.69, 9.17) is 0 Å². The Hall–Kier alpha value is -1.11. The topological polar surface area (TPSA) is 80.9 Å². The molecule has 0 bridgehead atoms. The Morgan fingerprint density at radius 3 is 2.71 bits per heavy atom. The maximum atomic E-state index is 11.9. The van der Waals surface area contributed by atoms with Crippen molar-refractivity contribution in [3.8, 4) is 0 Å². The first kappa shape index (κ1) is 14.8. The lowest BCUT2D eigenvalue weighted by atomic mass is 9.80. The highest BCUT2D eigenvalue weighted by atomic mass is 32.2. The quantitative estimate of drug-likeness (QED) is 0.860. The predicted molar refractivity (Wildman–Crippen MR) is 80.3 cm³/mol. The molecule has 1 aliphatic carbocycles. The molecule has 1 aromatic rings. The van der Waals surface area contributed by atoms with Crippen molar-refractivity contribution in [1.82, 2.24) is 20.2 Å². The summed E-state index contributed by atoms with van der Waals surface area (Å²) in [6, 6.07) is 0. The number of nitrogens with zero attached hydrogens (tertiary/aromatic N) is 4. The van der Waals surface area contributed by atoms with Crippen LogP contribution in [-0.2, 0) is 11.3 Å². The zero-order chi connectivity index (χ0) is 14.7. The van der Waals surface area contributed by atoms with Crippen LogP contribution in [0.5, 0.6) is 0 Å². The number of aromatic nitrogens is 4. The first-order valence-corrected chi connectivity index (χ1v) is 8.94. The highest BCUT2D eigenvalue weighted by Gasteiger charge is 2.40. The van der Waals surface area contributed by atoms with Crippen molar-refractivity contribution in [2.45, 2.75) is 57.4 Å². The highest BCUT2D eigenvalue weighted by molar-refractivity contribution is 7.99. The van der Waals surface area contributed by atoms with E-state index in [1.165, 1.54) is 0 Å². The molecule has 0 spiro atoms. The first-order valence-electron chi connectivity index (χ1n) is 7.78. The van der Waals surface area contributed by atoms with Crippen molar-refractivity contribution < 1.29 is 9.90 Å². The molecule has 2 fully saturated rings. The molecule has 1 saturated heterocycles. The molecule has 21 heavy (non-hydrogen) atoms. The van der Waals surface area contributed by atoms with E-state index in [9.17, 15) is 9.90 Å². The lowest BCUT2D eigenvalue weighted by molar-refractivity contribution is -0.151. The minimum Gasteiger partial charge on any atom is -0.481 e. The van der Waals surface area contributed by atoms with Crippen LogP contribution < -0.4 is 0 Å². The van der Waals surface area contributed by atoms with Crippen molar-refractivity contribution in [3.05, 3.63) is 5.82 Å². The van der Waals surface area contributed by atoms with Crippen molar-refractivity contribution in [2.24, 2.45) is 5.41 Å². The zero-order valence-electron chi connectivity index (χ0n) is 12.2. The second-order valence-corrected chi connectivity index (χ2v) is 7.40. The summed E-state index contributed by atoms with van der Waals surface area (Å²) in [4.78, 5) is 11.9. The summed E-state index contributed by atoms with van der Waals surface area (Å²) in [6.07, 6.45) is 6.81. The fourth-order valence-electron chi connectivity index (χ4n) is 3.49. The van der Waals surface area contributed by atoms with Crippen molar-refractivity contribution >= 4 is 17.7 Å². The molecule has 116 valence electrons. The van der Waals surface area contributed by atoms with Crippen molar-refractivity contribution in [2.75, 3.05) is 11.5 Å². The van der Waals surface area contributed by atoms with Crippen LogP contribution in [0.2, 0.25) is 0 Å². The van der Waals surface area contributed by atoms with Gasteiger partial charge in [-0.05, 0) is 35.4 Å². The van der Waals surface area contributed by atoms with Crippen LogP contribution in [0, 0.1) is 5.41 Å². The first-order chi connectivity index (χ1) is 10.2. The second kappa shape index (κ2) is 6.34. The summed E-state index contributed by atoms with van der Waals surface area (Å²) >= 11 is 1.92. The molecule has 1 unspecified atom stereocenters. The molecular formula is C14H22N4O2S. The molecule has 2 aliphatic rings. The molecule has 1 aliphatic heterocycles. The molecule has 1 aromatic heterocycles. The van der Waals surface area contributed by atoms with Gasteiger partial charge in [0.1, 0.15) is 0 Å². The fraction of sp³-hybridized carbons (Fsp3) is 0.857. The summed E-state index contributed by atoms with van der Waals surface area (Å²) in [6.45, 7) is 0.422. The van der Waals surface area contributed by atoms with E-state index >= 15 is 0 Å². The maximum absolute atomic E-state index is 11.9. The van der Waals surface area contributed by atoms with Crippen molar-refractivity contribution in [3.63, 3.8) is 0 Å². The van der Waals surface area contributed by atoms with E-state index in [-0.39, 0.29) is 0 Å². The average molecular weight is 310 g/mol. The zero-order valence-corrected chi connectivity index (χ0v) is 13.0. The van der Waals surface area contributed by atoms with Gasteiger partial charge in [0.25, 0.3) is 0 Å². The number of aliphatic carboxylic acids is 1. The smallest absolute Gasteiger partial charge is 0.311 e. The monoisotopic (exact) mass is 310 g/mol. The van der Waals surface area contributed by atoms with Crippen LogP contribution in [0.4, 0.5) is 0 Å². The van der Waals surface area contributed by atoms with Gasteiger partial charge in [0.05, 0.1) is 12.0 Å². The van der Waals surface area contributed by atoms with Crippen LogP contribution in [0.15, 0.2) is 0 Å². The Balaban J connectivity index is 1.82. The Labute approximate surface area is 128 Å². The molecule has 2 heterocycles. The van der Waals surface area contributed by atoms with Gasteiger partial charge in [0.2, 0.25) is 0 Å². The third-order valence-electron chi connectivity index (χ3n) is 4.82. The number of thioether (sulfide) groups is 1. The minimum atomic E-state index is -0.688. The standard InChI is InChI=1S/C14H22N4O2S/c19-13(20)14(6-3-1-2-4-7-14)10-18-12(15-16-17-18)11-5-8-21-9-11/h11H,1-10H2,(H,19,20). The highest BCUT2D eigenvalue weighted by Crippen LogP contribution is 2.38. The molecule has 1 N–H and O–H groups in total. The van der Waals surface area contributed by atoms with Crippen LogP contribution in [0.1, 0.15) is 56.7 Å². The molecule has 0 amide bonds. The van der Waals surface area contributed by atoms with Gasteiger partial charge >= 0.3 is 5.97 Å². The molecule has 0 aromatic carbocycles. The number of carbonyl (C=O) groups is 1. The molecule has 7 heteroatoms. The predicted octanol–water partition coefficient (Wildman–Crippen LogP) is 2.32. The third kappa shape index (κ3) is 3.07. The van der Waals surface area contributed by atoms with Gasteiger partial charge in [0, 0.05) is 11.7 Å². The van der Waals surface area contributed by atoms with Gasteiger partial charge < -0.3 is 5.11 Å². The summed E-state index contributed by atoms with van der Waals surface area (Å²) in [5, 5.41) is 21.9. The number of rotatable bonds is 4. The van der Waals surface area contributed by atoms with E-state index in [1.54, 1.807) is 4.68 Å². The largest absolute Gasteiger partial charge is 0.481 e. The van der Waals surface area contributed by atoms with E-state index in [0.29, 0.717) is 12.5 Å². The van der Waals surface area contributed by atoms with Gasteiger partial charge in [-0.15, -0.1) is 5.10 Å². The second-order valence-electron chi connectivity index (χ2n) is 6.25. The maximum Gasteiger partial charge on any atom is 0.311 e. The van der Waals surface area contributed by atoms with Gasteiger partial charge in [-0.2, -0.15) is 11.8 Å². The summed E-state index contributed by atoms with van der Waals surface area (Å²) in [5.74, 6) is 2.75. The van der Waals surface area contributed by atoms with Crippen LogP contribution in [0.25, 0.3) is 0 Å². The van der Waals surface area contributed by atoms with E-state index < -0.39 is 11.4 Å². The Kier molecular flexibility index (Phi) is 4.47. The molecule has 1 atom stereocenters. The average Bonchev–Trinajstić information content (AvgIpc) is 3.07. The Morgan fingerprint density at radius 2 is 2.10 bits per heavy atom. The van der Waals surface area contributed by atoms with Gasteiger partial charge in [-0.25, -0.2) is 4.68 Å². The van der Waals surface area contributed by atoms with E-state index in [1.807, 2.05) is 11.8 Å². The summed E-state index contributed by atoms with van der Waals surface area (Å²) < 4.78 is 1.77. The van der Waals surface area contributed by atoms with Crippen LogP contribution >= 0.6 is 11.8 Å². The number of hydrogen-bond acceptors (Lipinski definition) is 5. The molecule has 3 rings (SSSR count). The SMILES string of the molecule is O=C(O)C1(Cn2nnnc2C2CCSC2)CCCCCC1. The minimum absolute atomic E-state index is 0.377. The van der Waals surface area contributed by atoms with Gasteiger partial charge in [-0.3, -0.25) is 4.79 Å². The Bertz CT molecular complexity index is 491. The van der Waals surface area contributed by atoms with Crippen LogP contribution in [0.3, 0.4) is 0 Å². The third-order valence-corrected chi connectivity index (χ3v) is 5.98. The van der Waals surface area contributed by atoms with Gasteiger partial charge in [0.15, 0.2) is 5.82 Å². The lowest BCUT2D eigenvalue weighted by Crippen LogP contribution is -2.36. The summed E-state index contributed by atoms with van der Waals surface area (Å²) in [7, 11) is 0. The molecular weight excluding hydrogens is 288 g/mol. The Morgan fingerprint density at radius 1 is 1.33 bits per heavy atom. The molecule has 1 saturated carbocycles. The van der Waals surface area contributed by atoms with Crippen LogP contribution in [-0.4, -0.2) is 42.8 Å². The van der Waals surface area contributed by atoms with E-state index in [2.05, 4.69) is 15.5 Å². The van der Waals surface area contributed by atoms with Crippen molar-refractivity contribution in [1.29, 1.82) is 0 Å². The number of hydrogen-bond donors (Lipinski definition) is 1. The molecule has 0 radical (unpaired) electrons. The van der Waals surface area contributed by atoms with E-state index in [0.717, 1.165) is 62.3 Å².